The van der Waals surface area contributed by atoms with Crippen LogP contribution < -0.4 is 15.4 Å². The van der Waals surface area contributed by atoms with E-state index in [0.29, 0.717) is 12.5 Å². The average molecular weight is 222 g/mol. The molecule has 1 aliphatic carbocycles. The second-order valence-corrected chi connectivity index (χ2v) is 3.83. The monoisotopic (exact) mass is 222 g/mol. The quantitative estimate of drug-likeness (QED) is 0.675. The second-order valence-electron chi connectivity index (χ2n) is 3.83. The Morgan fingerprint density at radius 2 is 2.25 bits per heavy atom. The first-order valence-corrected chi connectivity index (χ1v) is 5.80. The van der Waals surface area contributed by atoms with E-state index in [1.165, 1.54) is 19.2 Å². The molecule has 0 aliphatic heterocycles. The Labute approximate surface area is 95.6 Å². The molecule has 0 bridgehead atoms. The molecule has 0 amide bonds. The summed E-state index contributed by atoms with van der Waals surface area (Å²) in [6, 6.07) is 2.58. The van der Waals surface area contributed by atoms with E-state index in [-0.39, 0.29) is 0 Å². The van der Waals surface area contributed by atoms with E-state index < -0.39 is 0 Å². The molecule has 2 N–H and O–H groups in total. The van der Waals surface area contributed by atoms with E-state index in [1.54, 1.807) is 0 Å². The molecule has 0 saturated heterocycles. The Bertz CT molecular complexity index is 328. The lowest BCUT2D eigenvalue weighted by atomic mass is 10.5. The SMILES string of the molecule is CCOc1cc(NCCNC2CC2)ncn1. The van der Waals surface area contributed by atoms with Crippen molar-refractivity contribution in [1.82, 2.24) is 15.3 Å². The van der Waals surface area contributed by atoms with Crippen LogP contribution in [0.3, 0.4) is 0 Å². The largest absolute Gasteiger partial charge is 0.478 e. The molecule has 1 aliphatic rings. The van der Waals surface area contributed by atoms with E-state index in [1.807, 2.05) is 13.0 Å². The summed E-state index contributed by atoms with van der Waals surface area (Å²) in [5.41, 5.74) is 0. The fourth-order valence-corrected chi connectivity index (χ4v) is 1.42. The van der Waals surface area contributed by atoms with Gasteiger partial charge in [-0.15, -0.1) is 0 Å². The smallest absolute Gasteiger partial charge is 0.218 e. The van der Waals surface area contributed by atoms with Gasteiger partial charge in [0.2, 0.25) is 5.88 Å². The van der Waals surface area contributed by atoms with Crippen LogP contribution in [0.4, 0.5) is 5.82 Å². The van der Waals surface area contributed by atoms with E-state index in [4.69, 9.17) is 4.74 Å². The van der Waals surface area contributed by atoms with Crippen molar-refractivity contribution >= 4 is 5.82 Å². The maximum Gasteiger partial charge on any atom is 0.218 e. The summed E-state index contributed by atoms with van der Waals surface area (Å²) in [6.45, 7) is 4.41. The van der Waals surface area contributed by atoms with Crippen LogP contribution in [0.25, 0.3) is 0 Å². The van der Waals surface area contributed by atoms with Crippen molar-refractivity contribution in [3.8, 4) is 5.88 Å². The van der Waals surface area contributed by atoms with E-state index in [0.717, 1.165) is 24.9 Å². The number of nitrogens with zero attached hydrogens (tertiary/aromatic N) is 2. The lowest BCUT2D eigenvalue weighted by Crippen LogP contribution is -2.24. The number of anilines is 1. The zero-order chi connectivity index (χ0) is 11.2. The van der Waals surface area contributed by atoms with Crippen LogP contribution in [0.1, 0.15) is 19.8 Å². The van der Waals surface area contributed by atoms with E-state index >= 15 is 0 Å². The number of ether oxygens (including phenoxy) is 1. The van der Waals surface area contributed by atoms with Crippen LogP contribution in [0, 0.1) is 0 Å². The highest BCUT2D eigenvalue weighted by atomic mass is 16.5. The van der Waals surface area contributed by atoms with Crippen molar-refractivity contribution in [3.63, 3.8) is 0 Å². The number of hydrogen-bond donors (Lipinski definition) is 2. The Morgan fingerprint density at radius 1 is 1.38 bits per heavy atom. The molecule has 1 saturated carbocycles. The molecule has 1 aromatic heterocycles. The van der Waals surface area contributed by atoms with Gasteiger partial charge >= 0.3 is 0 Å². The Balaban J connectivity index is 1.71. The maximum absolute atomic E-state index is 5.29. The molecule has 88 valence electrons. The van der Waals surface area contributed by atoms with Gasteiger partial charge in [-0.05, 0) is 19.8 Å². The van der Waals surface area contributed by atoms with Crippen LogP contribution >= 0.6 is 0 Å². The molecule has 0 unspecified atom stereocenters. The Morgan fingerprint density at radius 3 is 3.00 bits per heavy atom. The van der Waals surface area contributed by atoms with Gasteiger partial charge in [0.05, 0.1) is 6.61 Å². The lowest BCUT2D eigenvalue weighted by Gasteiger charge is -2.07. The van der Waals surface area contributed by atoms with Gasteiger partial charge in [-0.2, -0.15) is 0 Å². The van der Waals surface area contributed by atoms with Gasteiger partial charge in [-0.1, -0.05) is 0 Å². The molecule has 1 heterocycles. The second kappa shape index (κ2) is 5.65. The van der Waals surface area contributed by atoms with Gasteiger partial charge < -0.3 is 15.4 Å². The van der Waals surface area contributed by atoms with Gasteiger partial charge in [0, 0.05) is 25.2 Å². The van der Waals surface area contributed by atoms with Gasteiger partial charge in [-0.3, -0.25) is 0 Å². The maximum atomic E-state index is 5.29. The third kappa shape index (κ3) is 3.66. The number of aromatic nitrogens is 2. The predicted octanol–water partition coefficient (Wildman–Crippen LogP) is 1.04. The molecule has 0 spiro atoms. The molecule has 5 heteroatoms. The summed E-state index contributed by atoms with van der Waals surface area (Å²) in [5.74, 6) is 1.44. The Hall–Kier alpha value is -1.36. The van der Waals surface area contributed by atoms with Gasteiger partial charge in [-0.25, -0.2) is 9.97 Å². The van der Waals surface area contributed by atoms with Gasteiger partial charge in [0.1, 0.15) is 12.1 Å². The fourth-order valence-electron chi connectivity index (χ4n) is 1.42. The van der Waals surface area contributed by atoms with Crippen molar-refractivity contribution in [2.75, 3.05) is 25.0 Å². The summed E-state index contributed by atoms with van der Waals surface area (Å²) < 4.78 is 5.29. The van der Waals surface area contributed by atoms with Gasteiger partial charge in [0.15, 0.2) is 0 Å². The lowest BCUT2D eigenvalue weighted by molar-refractivity contribution is 0.326. The Kier molecular flexibility index (Phi) is 3.93. The first kappa shape index (κ1) is 11.1. The molecule has 2 rings (SSSR count). The average Bonchev–Trinajstić information content (AvgIpc) is 3.09. The molecular formula is C11H18N4O. The van der Waals surface area contributed by atoms with Crippen molar-refractivity contribution in [2.45, 2.75) is 25.8 Å². The highest BCUT2D eigenvalue weighted by Gasteiger charge is 2.19. The predicted molar refractivity (Wildman–Crippen MR) is 62.7 cm³/mol. The zero-order valence-electron chi connectivity index (χ0n) is 9.57. The first-order valence-electron chi connectivity index (χ1n) is 5.80. The number of hydrogen-bond acceptors (Lipinski definition) is 5. The van der Waals surface area contributed by atoms with Crippen molar-refractivity contribution in [1.29, 1.82) is 0 Å². The van der Waals surface area contributed by atoms with Crippen molar-refractivity contribution < 1.29 is 4.74 Å². The van der Waals surface area contributed by atoms with Crippen molar-refractivity contribution in [2.24, 2.45) is 0 Å². The minimum atomic E-state index is 0.621. The summed E-state index contributed by atoms with van der Waals surface area (Å²) in [5, 5.41) is 6.66. The molecule has 1 aromatic rings. The molecule has 16 heavy (non-hydrogen) atoms. The zero-order valence-corrected chi connectivity index (χ0v) is 9.57. The summed E-state index contributed by atoms with van der Waals surface area (Å²) in [6.07, 6.45) is 4.16. The van der Waals surface area contributed by atoms with Crippen LogP contribution in [-0.4, -0.2) is 35.7 Å². The number of nitrogens with one attached hydrogen (secondary N) is 2. The molecule has 5 nitrogen and oxygen atoms in total. The normalized spacial score (nSPS) is 14.8. The highest BCUT2D eigenvalue weighted by molar-refractivity contribution is 5.36. The van der Waals surface area contributed by atoms with Crippen LogP contribution in [0.5, 0.6) is 5.88 Å². The number of rotatable bonds is 7. The minimum Gasteiger partial charge on any atom is -0.478 e. The topological polar surface area (TPSA) is 59.1 Å². The molecule has 1 fully saturated rings. The highest BCUT2D eigenvalue weighted by Crippen LogP contribution is 2.18. The molecule has 0 aromatic carbocycles. The molecular weight excluding hydrogens is 204 g/mol. The standard InChI is InChI=1S/C11H18N4O/c1-2-16-11-7-10(14-8-15-11)13-6-5-12-9-3-4-9/h7-9,12H,2-6H2,1H3,(H,13,14,15). The van der Waals surface area contributed by atoms with Crippen molar-refractivity contribution in [3.05, 3.63) is 12.4 Å². The summed E-state index contributed by atoms with van der Waals surface area (Å²) in [7, 11) is 0. The van der Waals surface area contributed by atoms with Crippen LogP contribution in [0.15, 0.2) is 12.4 Å². The third-order valence-electron chi connectivity index (χ3n) is 2.38. The first-order chi connectivity index (χ1) is 7.88. The van der Waals surface area contributed by atoms with Crippen LogP contribution in [0.2, 0.25) is 0 Å². The minimum absolute atomic E-state index is 0.621. The van der Waals surface area contributed by atoms with E-state index in [2.05, 4.69) is 20.6 Å². The van der Waals surface area contributed by atoms with E-state index in [9.17, 15) is 0 Å². The van der Waals surface area contributed by atoms with Crippen LogP contribution in [-0.2, 0) is 0 Å². The fraction of sp³-hybridized carbons (Fsp3) is 0.636. The molecule has 0 radical (unpaired) electrons. The van der Waals surface area contributed by atoms with Gasteiger partial charge in [0.25, 0.3) is 0 Å². The summed E-state index contributed by atoms with van der Waals surface area (Å²) >= 11 is 0. The third-order valence-corrected chi connectivity index (χ3v) is 2.38. The molecule has 0 atom stereocenters. The summed E-state index contributed by atoms with van der Waals surface area (Å²) in [4.78, 5) is 8.13.